The van der Waals surface area contributed by atoms with Gasteiger partial charge in [-0.05, 0) is 31.7 Å². The number of rotatable bonds is 8. The van der Waals surface area contributed by atoms with E-state index in [9.17, 15) is 4.79 Å². The highest BCUT2D eigenvalue weighted by Gasteiger charge is 2.25. The molecular weight excluding hydrogens is 228 g/mol. The van der Waals surface area contributed by atoms with Crippen molar-refractivity contribution in [3.63, 3.8) is 0 Å². The average Bonchev–Trinajstić information content (AvgIpc) is 2.85. The minimum atomic E-state index is 0.240. The largest absolute Gasteiger partial charge is 0.380 e. The van der Waals surface area contributed by atoms with Crippen molar-refractivity contribution in [3.8, 4) is 0 Å². The molecule has 1 amide bonds. The number of nitrogens with two attached hydrogens (primary N) is 1. The molecule has 1 heterocycles. The number of amides is 1. The lowest BCUT2D eigenvalue weighted by molar-refractivity contribution is -0.130. The summed E-state index contributed by atoms with van der Waals surface area (Å²) < 4.78 is 5.28. The topological polar surface area (TPSA) is 55.6 Å². The smallest absolute Gasteiger partial charge is 0.222 e. The van der Waals surface area contributed by atoms with Crippen LogP contribution in [0, 0.1) is 5.92 Å². The maximum absolute atomic E-state index is 12.1. The summed E-state index contributed by atoms with van der Waals surface area (Å²) >= 11 is 0. The highest BCUT2D eigenvalue weighted by Crippen LogP contribution is 2.19. The quantitative estimate of drug-likeness (QED) is 0.720. The lowest BCUT2D eigenvalue weighted by Crippen LogP contribution is -2.30. The molecule has 0 aromatic heterocycles. The van der Waals surface area contributed by atoms with E-state index in [0.29, 0.717) is 12.3 Å². The second kappa shape index (κ2) is 8.48. The van der Waals surface area contributed by atoms with Gasteiger partial charge in [-0.25, -0.2) is 0 Å². The normalized spacial score (nSPS) is 21.3. The molecule has 2 N–H and O–H groups in total. The summed E-state index contributed by atoms with van der Waals surface area (Å²) in [7, 11) is 1.72. The predicted octanol–water partition coefficient (Wildman–Crippen LogP) is 1.78. The first kappa shape index (κ1) is 15.4. The van der Waals surface area contributed by atoms with E-state index in [1.165, 1.54) is 12.8 Å². The highest BCUT2D eigenvalue weighted by molar-refractivity contribution is 5.76. The maximum atomic E-state index is 12.1. The molecule has 1 aliphatic heterocycles. The van der Waals surface area contributed by atoms with Crippen LogP contribution in [0.4, 0.5) is 0 Å². The van der Waals surface area contributed by atoms with Crippen LogP contribution in [0.15, 0.2) is 0 Å². The van der Waals surface area contributed by atoms with Gasteiger partial charge >= 0.3 is 0 Å². The van der Waals surface area contributed by atoms with Gasteiger partial charge in [-0.2, -0.15) is 0 Å². The van der Waals surface area contributed by atoms with E-state index in [1.807, 2.05) is 4.90 Å². The van der Waals surface area contributed by atoms with Gasteiger partial charge in [0.25, 0.3) is 0 Å². The van der Waals surface area contributed by atoms with Gasteiger partial charge in [0.2, 0.25) is 5.91 Å². The van der Waals surface area contributed by atoms with E-state index in [2.05, 4.69) is 6.92 Å². The number of carbonyl (C=O) groups is 1. The maximum Gasteiger partial charge on any atom is 0.222 e. The second-order valence-electron chi connectivity index (χ2n) is 5.26. The van der Waals surface area contributed by atoms with Gasteiger partial charge in [-0.1, -0.05) is 19.8 Å². The Morgan fingerprint density at radius 1 is 1.44 bits per heavy atom. The molecule has 0 saturated carbocycles. The summed E-state index contributed by atoms with van der Waals surface area (Å²) in [6, 6.07) is 0. The SMILES string of the molecule is CCCC(CCN)CCC(=O)N1CCC(OC)C1. The van der Waals surface area contributed by atoms with Crippen LogP contribution in [0.3, 0.4) is 0 Å². The molecule has 1 rings (SSSR count). The summed E-state index contributed by atoms with van der Waals surface area (Å²) in [5.41, 5.74) is 5.61. The fraction of sp³-hybridized carbons (Fsp3) is 0.929. The van der Waals surface area contributed by atoms with Crippen LogP contribution in [-0.2, 0) is 9.53 Å². The number of nitrogens with zero attached hydrogens (tertiary/aromatic N) is 1. The molecule has 0 bridgehead atoms. The number of carbonyl (C=O) groups excluding carboxylic acids is 1. The molecule has 1 aliphatic rings. The van der Waals surface area contributed by atoms with Gasteiger partial charge in [-0.15, -0.1) is 0 Å². The molecule has 2 atom stereocenters. The summed E-state index contributed by atoms with van der Waals surface area (Å²) in [6.45, 7) is 4.54. The monoisotopic (exact) mass is 256 g/mol. The fourth-order valence-electron chi connectivity index (χ4n) is 2.71. The minimum Gasteiger partial charge on any atom is -0.380 e. The molecule has 0 aliphatic carbocycles. The summed E-state index contributed by atoms with van der Waals surface area (Å²) in [5, 5.41) is 0. The average molecular weight is 256 g/mol. The van der Waals surface area contributed by atoms with Gasteiger partial charge in [0.15, 0.2) is 0 Å². The van der Waals surface area contributed by atoms with Gasteiger partial charge in [0.1, 0.15) is 0 Å². The van der Waals surface area contributed by atoms with Crippen LogP contribution in [0.25, 0.3) is 0 Å². The van der Waals surface area contributed by atoms with E-state index in [0.717, 1.165) is 38.9 Å². The molecule has 0 aromatic rings. The Labute approximate surface area is 111 Å². The lowest BCUT2D eigenvalue weighted by atomic mass is 9.94. The summed E-state index contributed by atoms with van der Waals surface area (Å²) in [5.74, 6) is 0.900. The summed E-state index contributed by atoms with van der Waals surface area (Å²) in [4.78, 5) is 14.0. The first-order valence-electron chi connectivity index (χ1n) is 7.21. The third kappa shape index (κ3) is 4.94. The molecular formula is C14H28N2O2. The van der Waals surface area contributed by atoms with Crippen LogP contribution in [0.2, 0.25) is 0 Å². The molecule has 106 valence electrons. The van der Waals surface area contributed by atoms with E-state index in [1.54, 1.807) is 7.11 Å². The Bertz CT molecular complexity index is 240. The van der Waals surface area contributed by atoms with Crippen LogP contribution < -0.4 is 5.73 Å². The molecule has 1 fully saturated rings. The first-order valence-corrected chi connectivity index (χ1v) is 7.21. The standard InChI is InChI=1S/C14H28N2O2/c1-3-4-12(7-9-15)5-6-14(17)16-10-8-13(11-16)18-2/h12-13H,3-11,15H2,1-2H3. The molecule has 18 heavy (non-hydrogen) atoms. The van der Waals surface area contributed by atoms with Crippen molar-refractivity contribution < 1.29 is 9.53 Å². The van der Waals surface area contributed by atoms with Gasteiger partial charge in [0, 0.05) is 26.6 Å². The van der Waals surface area contributed by atoms with Gasteiger partial charge < -0.3 is 15.4 Å². The third-order valence-electron chi connectivity index (χ3n) is 3.87. The van der Waals surface area contributed by atoms with Crippen LogP contribution in [0.5, 0.6) is 0 Å². The molecule has 2 unspecified atom stereocenters. The molecule has 4 heteroatoms. The van der Waals surface area contributed by atoms with Gasteiger partial charge in [0.05, 0.1) is 6.10 Å². The van der Waals surface area contributed by atoms with Crippen LogP contribution in [-0.4, -0.2) is 43.7 Å². The highest BCUT2D eigenvalue weighted by atomic mass is 16.5. The third-order valence-corrected chi connectivity index (χ3v) is 3.87. The number of hydrogen-bond donors (Lipinski definition) is 1. The van der Waals surface area contributed by atoms with Crippen molar-refractivity contribution in [3.05, 3.63) is 0 Å². The summed E-state index contributed by atoms with van der Waals surface area (Å²) in [6.07, 6.45) is 6.27. The second-order valence-corrected chi connectivity index (χ2v) is 5.26. The van der Waals surface area contributed by atoms with Crippen molar-refractivity contribution >= 4 is 5.91 Å². The first-order chi connectivity index (χ1) is 8.71. The number of ether oxygens (including phenoxy) is 1. The Morgan fingerprint density at radius 3 is 2.78 bits per heavy atom. The Morgan fingerprint density at radius 2 is 2.22 bits per heavy atom. The number of hydrogen-bond acceptors (Lipinski definition) is 3. The molecule has 4 nitrogen and oxygen atoms in total. The fourth-order valence-corrected chi connectivity index (χ4v) is 2.71. The molecule has 1 saturated heterocycles. The Kier molecular flexibility index (Phi) is 7.28. The van der Waals surface area contributed by atoms with Crippen molar-refractivity contribution in [2.75, 3.05) is 26.7 Å². The number of likely N-dealkylation sites (tertiary alicyclic amines) is 1. The molecule has 0 spiro atoms. The van der Waals surface area contributed by atoms with E-state index >= 15 is 0 Å². The van der Waals surface area contributed by atoms with E-state index in [-0.39, 0.29) is 12.0 Å². The Hall–Kier alpha value is -0.610. The predicted molar refractivity (Wildman–Crippen MR) is 73.3 cm³/mol. The molecule has 0 radical (unpaired) electrons. The zero-order valence-electron chi connectivity index (χ0n) is 11.9. The van der Waals surface area contributed by atoms with E-state index in [4.69, 9.17) is 10.5 Å². The van der Waals surface area contributed by atoms with Crippen molar-refractivity contribution in [1.29, 1.82) is 0 Å². The lowest BCUT2D eigenvalue weighted by Gasteiger charge is -2.19. The van der Waals surface area contributed by atoms with Crippen molar-refractivity contribution in [2.45, 2.75) is 51.6 Å². The molecule has 0 aromatic carbocycles. The van der Waals surface area contributed by atoms with Crippen LogP contribution in [0.1, 0.15) is 45.4 Å². The minimum absolute atomic E-state index is 0.240. The van der Waals surface area contributed by atoms with Crippen molar-refractivity contribution in [1.82, 2.24) is 4.90 Å². The number of methoxy groups -OCH3 is 1. The van der Waals surface area contributed by atoms with E-state index < -0.39 is 0 Å². The zero-order valence-corrected chi connectivity index (χ0v) is 11.9. The Balaban J connectivity index is 2.27. The van der Waals surface area contributed by atoms with Crippen molar-refractivity contribution in [2.24, 2.45) is 11.7 Å². The zero-order chi connectivity index (χ0) is 13.4. The van der Waals surface area contributed by atoms with Crippen LogP contribution >= 0.6 is 0 Å². The van der Waals surface area contributed by atoms with Gasteiger partial charge in [-0.3, -0.25) is 4.79 Å².